The van der Waals surface area contributed by atoms with Crippen molar-refractivity contribution in [3.05, 3.63) is 29.3 Å². The Morgan fingerprint density at radius 3 is 2.75 bits per heavy atom. The molecule has 0 fully saturated rings. The lowest BCUT2D eigenvalue weighted by atomic mass is 9.93. The van der Waals surface area contributed by atoms with Gasteiger partial charge in [-0.2, -0.15) is 0 Å². The summed E-state index contributed by atoms with van der Waals surface area (Å²) in [5.41, 5.74) is 10.3. The molecule has 1 aliphatic rings. The Morgan fingerprint density at radius 2 is 2.10 bits per heavy atom. The summed E-state index contributed by atoms with van der Waals surface area (Å²) in [6, 6.07) is 6.66. The van der Waals surface area contributed by atoms with E-state index in [4.69, 9.17) is 5.73 Å². The van der Waals surface area contributed by atoms with Gasteiger partial charge in [-0.1, -0.05) is 31.5 Å². The molecule has 0 saturated carbocycles. The van der Waals surface area contributed by atoms with E-state index >= 15 is 0 Å². The van der Waals surface area contributed by atoms with Crippen LogP contribution < -0.4 is 10.6 Å². The molecular formula is C17H28N2O. The van der Waals surface area contributed by atoms with Gasteiger partial charge >= 0.3 is 0 Å². The van der Waals surface area contributed by atoms with E-state index in [9.17, 15) is 5.11 Å². The van der Waals surface area contributed by atoms with Crippen molar-refractivity contribution in [3.8, 4) is 0 Å². The largest absolute Gasteiger partial charge is 0.394 e. The van der Waals surface area contributed by atoms with Crippen molar-refractivity contribution in [2.75, 3.05) is 18.1 Å². The second-order valence-electron chi connectivity index (χ2n) is 6.47. The highest BCUT2D eigenvalue weighted by atomic mass is 16.3. The molecular weight excluding hydrogens is 248 g/mol. The Balaban J connectivity index is 2.24. The van der Waals surface area contributed by atoms with Crippen LogP contribution in [-0.4, -0.2) is 30.3 Å². The normalized spacial score (nSPS) is 18.0. The fourth-order valence-electron chi connectivity index (χ4n) is 3.27. The van der Waals surface area contributed by atoms with Crippen LogP contribution in [0, 0.1) is 12.8 Å². The fourth-order valence-corrected chi connectivity index (χ4v) is 3.27. The highest BCUT2D eigenvalue weighted by Gasteiger charge is 2.28. The maximum Gasteiger partial charge on any atom is 0.0672 e. The molecule has 1 heterocycles. The minimum Gasteiger partial charge on any atom is -0.394 e. The van der Waals surface area contributed by atoms with Crippen LogP contribution in [0.4, 0.5) is 5.69 Å². The number of rotatable bonds is 5. The molecule has 112 valence electrons. The Bertz CT molecular complexity index is 445. The third kappa shape index (κ3) is 3.33. The van der Waals surface area contributed by atoms with Crippen molar-refractivity contribution in [1.29, 1.82) is 0 Å². The van der Waals surface area contributed by atoms with Crippen LogP contribution in [0.1, 0.15) is 37.8 Å². The van der Waals surface area contributed by atoms with Crippen LogP contribution in [-0.2, 0) is 6.42 Å². The van der Waals surface area contributed by atoms with Crippen molar-refractivity contribution in [1.82, 2.24) is 0 Å². The first-order chi connectivity index (χ1) is 9.52. The van der Waals surface area contributed by atoms with Gasteiger partial charge in [0.2, 0.25) is 0 Å². The molecule has 0 aromatic heterocycles. The van der Waals surface area contributed by atoms with E-state index in [1.807, 2.05) is 0 Å². The molecule has 0 saturated heterocycles. The zero-order valence-corrected chi connectivity index (χ0v) is 13.0. The summed E-state index contributed by atoms with van der Waals surface area (Å²) in [6.45, 7) is 7.62. The summed E-state index contributed by atoms with van der Waals surface area (Å²) in [4.78, 5) is 2.32. The van der Waals surface area contributed by atoms with E-state index in [0.717, 1.165) is 25.8 Å². The SMILES string of the molecule is Cc1ccc2c(c1)CCCN2C(CO)C(N)CC(C)C. The predicted molar refractivity (Wildman–Crippen MR) is 85.2 cm³/mol. The number of aliphatic hydroxyl groups excluding tert-OH is 1. The van der Waals surface area contributed by atoms with E-state index in [2.05, 4.69) is 43.9 Å². The number of anilines is 1. The van der Waals surface area contributed by atoms with Crippen LogP contribution in [0.3, 0.4) is 0 Å². The summed E-state index contributed by atoms with van der Waals surface area (Å²) in [7, 11) is 0. The van der Waals surface area contributed by atoms with Crippen LogP contribution in [0.25, 0.3) is 0 Å². The molecule has 1 aromatic rings. The molecule has 2 atom stereocenters. The van der Waals surface area contributed by atoms with E-state index in [0.29, 0.717) is 5.92 Å². The highest BCUT2D eigenvalue weighted by Crippen LogP contribution is 2.30. The van der Waals surface area contributed by atoms with Crippen molar-refractivity contribution < 1.29 is 5.11 Å². The fraction of sp³-hybridized carbons (Fsp3) is 0.647. The number of benzene rings is 1. The lowest BCUT2D eigenvalue weighted by molar-refractivity contribution is 0.231. The van der Waals surface area contributed by atoms with E-state index in [-0.39, 0.29) is 18.7 Å². The zero-order chi connectivity index (χ0) is 14.7. The van der Waals surface area contributed by atoms with Gasteiger partial charge in [-0.15, -0.1) is 0 Å². The smallest absolute Gasteiger partial charge is 0.0672 e. The van der Waals surface area contributed by atoms with Gasteiger partial charge in [0, 0.05) is 18.3 Å². The summed E-state index contributed by atoms with van der Waals surface area (Å²) in [5, 5.41) is 9.82. The first kappa shape index (κ1) is 15.3. The van der Waals surface area contributed by atoms with Crippen LogP contribution >= 0.6 is 0 Å². The first-order valence-corrected chi connectivity index (χ1v) is 7.75. The Kier molecular flexibility index (Phi) is 5.06. The van der Waals surface area contributed by atoms with Gasteiger partial charge < -0.3 is 15.7 Å². The summed E-state index contributed by atoms with van der Waals surface area (Å²) < 4.78 is 0. The average Bonchev–Trinajstić information content (AvgIpc) is 2.38. The molecule has 0 aliphatic carbocycles. The lowest BCUT2D eigenvalue weighted by Crippen LogP contribution is -2.52. The van der Waals surface area contributed by atoms with Gasteiger partial charge in [0.25, 0.3) is 0 Å². The molecule has 3 heteroatoms. The number of nitrogens with zero attached hydrogens (tertiary/aromatic N) is 1. The van der Waals surface area contributed by atoms with Crippen LogP contribution in [0.15, 0.2) is 18.2 Å². The monoisotopic (exact) mass is 276 g/mol. The number of aryl methyl sites for hydroxylation is 2. The van der Waals surface area contributed by atoms with Gasteiger partial charge in [-0.3, -0.25) is 0 Å². The van der Waals surface area contributed by atoms with Crippen molar-refractivity contribution >= 4 is 5.69 Å². The molecule has 0 spiro atoms. The Labute approximate surface area is 122 Å². The third-order valence-electron chi connectivity index (χ3n) is 4.21. The summed E-state index contributed by atoms with van der Waals surface area (Å²) >= 11 is 0. The molecule has 1 aliphatic heterocycles. The standard InChI is InChI=1S/C17H28N2O/c1-12(2)9-15(18)17(11-20)19-8-4-5-14-10-13(3)6-7-16(14)19/h6-7,10,12,15,17,20H,4-5,8-9,11,18H2,1-3H3. The zero-order valence-electron chi connectivity index (χ0n) is 13.0. The predicted octanol–water partition coefficient (Wildman–Crippen LogP) is 2.48. The number of aliphatic hydroxyl groups is 1. The first-order valence-electron chi connectivity index (χ1n) is 7.75. The van der Waals surface area contributed by atoms with Crippen LogP contribution in [0.5, 0.6) is 0 Å². The number of nitrogens with two attached hydrogens (primary N) is 1. The Morgan fingerprint density at radius 1 is 1.35 bits per heavy atom. The second kappa shape index (κ2) is 6.59. The molecule has 3 nitrogen and oxygen atoms in total. The van der Waals surface area contributed by atoms with Gasteiger partial charge in [-0.05, 0) is 43.7 Å². The van der Waals surface area contributed by atoms with Gasteiger partial charge in [-0.25, -0.2) is 0 Å². The molecule has 1 aromatic carbocycles. The molecule has 2 rings (SSSR count). The minimum atomic E-state index is 0.0206. The van der Waals surface area contributed by atoms with E-state index in [1.54, 1.807) is 0 Å². The third-order valence-corrected chi connectivity index (χ3v) is 4.21. The molecule has 20 heavy (non-hydrogen) atoms. The maximum atomic E-state index is 9.82. The summed E-state index contributed by atoms with van der Waals surface area (Å²) in [6.07, 6.45) is 3.22. The van der Waals surface area contributed by atoms with Crippen molar-refractivity contribution in [2.45, 2.75) is 52.1 Å². The van der Waals surface area contributed by atoms with Crippen LogP contribution in [0.2, 0.25) is 0 Å². The quantitative estimate of drug-likeness (QED) is 0.868. The molecule has 0 bridgehead atoms. The minimum absolute atomic E-state index is 0.0206. The molecule has 3 N–H and O–H groups in total. The van der Waals surface area contributed by atoms with Crippen molar-refractivity contribution in [3.63, 3.8) is 0 Å². The van der Waals surface area contributed by atoms with Gasteiger partial charge in [0.15, 0.2) is 0 Å². The van der Waals surface area contributed by atoms with Crippen molar-refractivity contribution in [2.24, 2.45) is 11.7 Å². The number of hydrogen-bond donors (Lipinski definition) is 2. The number of hydrogen-bond acceptors (Lipinski definition) is 3. The second-order valence-corrected chi connectivity index (χ2v) is 6.47. The highest BCUT2D eigenvalue weighted by molar-refractivity contribution is 5.57. The van der Waals surface area contributed by atoms with E-state index in [1.165, 1.54) is 16.8 Å². The maximum absolute atomic E-state index is 9.82. The topological polar surface area (TPSA) is 49.5 Å². The van der Waals surface area contributed by atoms with E-state index < -0.39 is 0 Å². The average molecular weight is 276 g/mol. The van der Waals surface area contributed by atoms with Gasteiger partial charge in [0.1, 0.15) is 0 Å². The molecule has 2 unspecified atom stereocenters. The lowest BCUT2D eigenvalue weighted by Gasteiger charge is -2.40. The molecule has 0 radical (unpaired) electrons. The number of fused-ring (bicyclic) bond motifs is 1. The summed E-state index contributed by atoms with van der Waals surface area (Å²) in [5.74, 6) is 0.557. The Hall–Kier alpha value is -1.06. The van der Waals surface area contributed by atoms with Gasteiger partial charge in [0.05, 0.1) is 12.6 Å². The molecule has 0 amide bonds.